The van der Waals surface area contributed by atoms with Crippen LogP contribution in [0.5, 0.6) is 0 Å². The highest BCUT2D eigenvalue weighted by molar-refractivity contribution is 9.10. The molecule has 0 amide bonds. The summed E-state index contributed by atoms with van der Waals surface area (Å²) in [7, 11) is 0. The lowest BCUT2D eigenvalue weighted by molar-refractivity contribution is 0.299. The lowest BCUT2D eigenvalue weighted by Crippen LogP contribution is -2.48. The third-order valence-corrected chi connectivity index (χ3v) is 3.93. The molecule has 0 atom stereocenters. The molecule has 1 aliphatic heterocycles. The number of nitrogens with zero attached hydrogens (tertiary/aromatic N) is 1. The fourth-order valence-electron chi connectivity index (χ4n) is 2.14. The molecule has 1 aromatic heterocycles. The number of rotatable bonds is 2. The van der Waals surface area contributed by atoms with Crippen LogP contribution in [-0.4, -0.2) is 22.6 Å². The first-order valence-electron chi connectivity index (χ1n) is 5.79. The normalized spacial score (nSPS) is 15.8. The van der Waals surface area contributed by atoms with E-state index in [2.05, 4.69) is 26.2 Å². The number of para-hydroxylation sites is 1. The number of nitrogens with one attached hydrogen (secondary N) is 2. The van der Waals surface area contributed by atoms with Gasteiger partial charge in [-0.1, -0.05) is 6.07 Å². The van der Waals surface area contributed by atoms with Gasteiger partial charge in [0.25, 0.3) is 5.56 Å². The Morgan fingerprint density at radius 3 is 2.78 bits per heavy atom. The maximum Gasteiger partial charge on any atom is 0.328 e. The van der Waals surface area contributed by atoms with E-state index >= 15 is 0 Å². The van der Waals surface area contributed by atoms with Crippen molar-refractivity contribution in [3.05, 3.63) is 43.5 Å². The van der Waals surface area contributed by atoms with Crippen molar-refractivity contribution < 1.29 is 0 Å². The number of hydrogen-bond acceptors (Lipinski definition) is 3. The van der Waals surface area contributed by atoms with E-state index in [-0.39, 0.29) is 11.2 Å². The van der Waals surface area contributed by atoms with Gasteiger partial charge >= 0.3 is 5.69 Å². The molecular weight excluding hydrogens is 298 g/mol. The molecular formula is C12H12BrN3O2. The zero-order chi connectivity index (χ0) is 12.7. The summed E-state index contributed by atoms with van der Waals surface area (Å²) in [5.41, 5.74) is 0.00346. The molecule has 1 saturated heterocycles. The first-order chi connectivity index (χ1) is 8.66. The Labute approximate surface area is 111 Å². The Bertz CT molecular complexity index is 715. The Morgan fingerprint density at radius 2 is 2.11 bits per heavy atom. The largest absolute Gasteiger partial charge is 0.328 e. The predicted molar refractivity (Wildman–Crippen MR) is 72.9 cm³/mol. The quantitative estimate of drug-likeness (QED) is 0.857. The van der Waals surface area contributed by atoms with Crippen molar-refractivity contribution in [2.24, 2.45) is 5.92 Å². The van der Waals surface area contributed by atoms with Gasteiger partial charge < -0.3 is 10.3 Å². The van der Waals surface area contributed by atoms with Gasteiger partial charge in [-0.2, -0.15) is 0 Å². The van der Waals surface area contributed by atoms with Gasteiger partial charge in [0.05, 0.1) is 10.9 Å². The van der Waals surface area contributed by atoms with Gasteiger partial charge in [-0.05, 0) is 28.1 Å². The van der Waals surface area contributed by atoms with Crippen LogP contribution in [0.25, 0.3) is 10.9 Å². The van der Waals surface area contributed by atoms with Gasteiger partial charge in [-0.3, -0.25) is 9.36 Å². The number of H-pyrrole nitrogens is 1. The predicted octanol–water partition coefficient (Wildman–Crippen LogP) is 0.672. The molecule has 5 nitrogen and oxygen atoms in total. The van der Waals surface area contributed by atoms with E-state index in [1.807, 2.05) is 0 Å². The summed E-state index contributed by atoms with van der Waals surface area (Å²) in [6.45, 7) is 2.20. The van der Waals surface area contributed by atoms with Crippen LogP contribution in [0.4, 0.5) is 0 Å². The zero-order valence-electron chi connectivity index (χ0n) is 9.57. The third-order valence-electron chi connectivity index (χ3n) is 3.27. The molecule has 0 unspecified atom stereocenters. The summed E-state index contributed by atoms with van der Waals surface area (Å²) in [4.78, 5) is 27.0. The summed E-state index contributed by atoms with van der Waals surface area (Å²) >= 11 is 3.34. The van der Waals surface area contributed by atoms with Crippen LogP contribution >= 0.6 is 15.9 Å². The molecule has 1 aromatic carbocycles. The van der Waals surface area contributed by atoms with Crippen molar-refractivity contribution in [2.75, 3.05) is 13.1 Å². The zero-order valence-corrected chi connectivity index (χ0v) is 11.2. The van der Waals surface area contributed by atoms with Gasteiger partial charge in [-0.15, -0.1) is 0 Å². The van der Waals surface area contributed by atoms with Gasteiger partial charge in [0.15, 0.2) is 0 Å². The molecule has 0 bridgehead atoms. The van der Waals surface area contributed by atoms with E-state index in [0.717, 1.165) is 17.6 Å². The maximum atomic E-state index is 12.3. The van der Waals surface area contributed by atoms with E-state index in [1.165, 1.54) is 4.57 Å². The summed E-state index contributed by atoms with van der Waals surface area (Å²) in [6, 6.07) is 5.33. The van der Waals surface area contributed by atoms with Crippen LogP contribution in [0.1, 0.15) is 0 Å². The Kier molecular flexibility index (Phi) is 2.83. The molecule has 94 valence electrons. The summed E-state index contributed by atoms with van der Waals surface area (Å²) in [5.74, 6) is 0.369. The molecule has 0 aliphatic carbocycles. The second kappa shape index (κ2) is 4.37. The highest BCUT2D eigenvalue weighted by Gasteiger charge is 2.19. The van der Waals surface area contributed by atoms with Gasteiger partial charge in [-0.25, -0.2) is 4.79 Å². The minimum absolute atomic E-state index is 0.220. The smallest absolute Gasteiger partial charge is 0.316 e. The van der Waals surface area contributed by atoms with Crippen LogP contribution in [0.15, 0.2) is 32.3 Å². The van der Waals surface area contributed by atoms with Crippen molar-refractivity contribution in [2.45, 2.75) is 6.54 Å². The molecule has 18 heavy (non-hydrogen) atoms. The summed E-state index contributed by atoms with van der Waals surface area (Å²) in [5, 5.41) is 3.67. The third kappa shape index (κ3) is 1.81. The lowest BCUT2D eigenvalue weighted by atomic mass is 10.0. The van der Waals surface area contributed by atoms with E-state index in [0.29, 0.717) is 23.4 Å². The topological polar surface area (TPSA) is 66.9 Å². The monoisotopic (exact) mass is 309 g/mol. The van der Waals surface area contributed by atoms with E-state index in [9.17, 15) is 9.59 Å². The van der Waals surface area contributed by atoms with E-state index < -0.39 is 0 Å². The maximum absolute atomic E-state index is 12.3. The molecule has 2 heterocycles. The van der Waals surface area contributed by atoms with Crippen LogP contribution in [0, 0.1) is 5.92 Å². The highest BCUT2D eigenvalue weighted by Crippen LogP contribution is 2.18. The van der Waals surface area contributed by atoms with Crippen molar-refractivity contribution in [1.29, 1.82) is 0 Å². The molecule has 3 rings (SSSR count). The number of halogens is 1. The van der Waals surface area contributed by atoms with Crippen molar-refractivity contribution >= 4 is 26.8 Å². The van der Waals surface area contributed by atoms with Gasteiger partial charge in [0, 0.05) is 30.0 Å². The van der Waals surface area contributed by atoms with Crippen molar-refractivity contribution in [3.63, 3.8) is 0 Å². The number of benzene rings is 1. The SMILES string of the molecule is O=c1[nH]c2c(Br)cccc2c(=O)n1CC1CNC1. The number of aromatic amines is 1. The Balaban J connectivity index is 2.20. The van der Waals surface area contributed by atoms with Crippen LogP contribution in [-0.2, 0) is 6.54 Å². The average molecular weight is 310 g/mol. The molecule has 2 aromatic rings. The summed E-state index contributed by atoms with van der Waals surface area (Å²) < 4.78 is 2.02. The molecule has 1 fully saturated rings. The Morgan fingerprint density at radius 1 is 1.33 bits per heavy atom. The first-order valence-corrected chi connectivity index (χ1v) is 6.58. The van der Waals surface area contributed by atoms with Gasteiger partial charge in [0.1, 0.15) is 0 Å². The first kappa shape index (κ1) is 11.7. The fraction of sp³-hybridized carbons (Fsp3) is 0.333. The second-order valence-corrected chi connectivity index (χ2v) is 5.39. The summed E-state index contributed by atoms with van der Waals surface area (Å²) in [6.07, 6.45) is 0. The second-order valence-electron chi connectivity index (χ2n) is 4.53. The number of fused-ring (bicyclic) bond motifs is 1. The van der Waals surface area contributed by atoms with Crippen molar-refractivity contribution in [1.82, 2.24) is 14.9 Å². The average Bonchev–Trinajstić information content (AvgIpc) is 2.28. The lowest BCUT2D eigenvalue weighted by Gasteiger charge is -2.27. The molecule has 0 saturated carbocycles. The Hall–Kier alpha value is -1.40. The minimum Gasteiger partial charge on any atom is -0.316 e. The van der Waals surface area contributed by atoms with Crippen LogP contribution in [0.2, 0.25) is 0 Å². The number of hydrogen-bond donors (Lipinski definition) is 2. The molecule has 0 spiro atoms. The van der Waals surface area contributed by atoms with E-state index in [1.54, 1.807) is 18.2 Å². The molecule has 1 aliphatic rings. The highest BCUT2D eigenvalue weighted by atomic mass is 79.9. The fourth-order valence-corrected chi connectivity index (χ4v) is 2.61. The van der Waals surface area contributed by atoms with Crippen LogP contribution < -0.4 is 16.6 Å². The van der Waals surface area contributed by atoms with Crippen LogP contribution in [0.3, 0.4) is 0 Å². The molecule has 0 radical (unpaired) electrons. The molecule has 2 N–H and O–H groups in total. The standard InChI is InChI=1S/C12H12BrN3O2/c13-9-3-1-2-8-10(9)15-12(18)16(11(8)17)6-7-4-14-5-7/h1-3,7,14H,4-6H2,(H,15,18). The number of aromatic nitrogens is 2. The van der Waals surface area contributed by atoms with E-state index in [4.69, 9.17) is 0 Å². The van der Waals surface area contributed by atoms with Crippen molar-refractivity contribution in [3.8, 4) is 0 Å². The molecule has 6 heteroatoms. The van der Waals surface area contributed by atoms with Gasteiger partial charge in [0.2, 0.25) is 0 Å². The minimum atomic E-state index is -0.341.